The summed E-state index contributed by atoms with van der Waals surface area (Å²) in [4.78, 5) is 38.5. The highest BCUT2D eigenvalue weighted by atomic mass is 35.5. The Morgan fingerprint density at radius 2 is 1.80 bits per heavy atom. The summed E-state index contributed by atoms with van der Waals surface area (Å²) in [6.07, 6.45) is 0. The first kappa shape index (κ1) is 20.9. The average molecular weight is 369 g/mol. The molecule has 7 nitrogen and oxygen atoms in total. The van der Waals surface area contributed by atoms with Crippen LogP contribution in [0.15, 0.2) is 24.3 Å². The van der Waals surface area contributed by atoms with Crippen molar-refractivity contribution in [2.75, 3.05) is 40.3 Å². The fraction of sp³-hybridized carbons (Fsp3) is 0.471. The summed E-state index contributed by atoms with van der Waals surface area (Å²) < 4.78 is 0. The molecular formula is C17H25ClN4O3. The second kappa shape index (κ2) is 10.7. The molecule has 0 atom stereocenters. The van der Waals surface area contributed by atoms with Crippen molar-refractivity contribution in [3.05, 3.63) is 34.9 Å². The number of benzene rings is 1. The number of nitrogens with one attached hydrogen (secondary N) is 2. The third-order valence-corrected chi connectivity index (χ3v) is 3.60. The lowest BCUT2D eigenvalue weighted by Crippen LogP contribution is -2.44. The van der Waals surface area contributed by atoms with Crippen molar-refractivity contribution in [2.24, 2.45) is 0 Å². The van der Waals surface area contributed by atoms with E-state index in [1.54, 1.807) is 11.0 Å². The zero-order valence-corrected chi connectivity index (χ0v) is 15.6. The van der Waals surface area contributed by atoms with Crippen molar-refractivity contribution in [3.8, 4) is 0 Å². The molecule has 0 saturated carbocycles. The highest BCUT2D eigenvalue weighted by Gasteiger charge is 2.15. The number of likely N-dealkylation sites (N-methyl/N-ethyl adjacent to an activating group) is 1. The normalized spacial score (nSPS) is 10.4. The second-order valence-corrected chi connectivity index (χ2v) is 6.37. The zero-order chi connectivity index (χ0) is 18.8. The molecule has 0 saturated heterocycles. The molecule has 0 aromatic heterocycles. The smallest absolute Gasteiger partial charge is 0.242 e. The topological polar surface area (TPSA) is 81.8 Å². The van der Waals surface area contributed by atoms with E-state index in [4.69, 9.17) is 11.6 Å². The van der Waals surface area contributed by atoms with Crippen LogP contribution in [0.5, 0.6) is 0 Å². The lowest BCUT2D eigenvalue weighted by Gasteiger charge is -2.25. The number of nitrogens with zero attached hydrogens (tertiary/aromatic N) is 2. The third-order valence-electron chi connectivity index (χ3n) is 3.37. The van der Waals surface area contributed by atoms with Gasteiger partial charge in [0, 0.05) is 31.6 Å². The van der Waals surface area contributed by atoms with Crippen molar-refractivity contribution >= 4 is 29.3 Å². The van der Waals surface area contributed by atoms with Gasteiger partial charge < -0.3 is 20.4 Å². The maximum Gasteiger partial charge on any atom is 0.242 e. The lowest BCUT2D eigenvalue weighted by molar-refractivity contribution is -0.133. The second-order valence-electron chi connectivity index (χ2n) is 5.93. The summed E-state index contributed by atoms with van der Waals surface area (Å²) >= 11 is 6.00. The summed E-state index contributed by atoms with van der Waals surface area (Å²) in [5, 5.41) is 5.52. The number of hydrogen-bond donors (Lipinski definition) is 2. The van der Waals surface area contributed by atoms with Gasteiger partial charge in [0.1, 0.15) is 0 Å². The maximum atomic E-state index is 12.5. The highest BCUT2D eigenvalue weighted by Crippen LogP contribution is 2.12. The molecule has 138 valence electrons. The Labute approximate surface area is 153 Å². The molecule has 0 spiro atoms. The minimum Gasteiger partial charge on any atom is -0.347 e. The van der Waals surface area contributed by atoms with Gasteiger partial charge in [0.25, 0.3) is 0 Å². The molecule has 1 aromatic carbocycles. The minimum absolute atomic E-state index is 0.119. The minimum atomic E-state index is -0.404. The molecule has 0 aliphatic carbocycles. The molecule has 2 N–H and O–H groups in total. The summed E-state index contributed by atoms with van der Waals surface area (Å²) in [5.74, 6) is -0.896. The monoisotopic (exact) mass is 368 g/mol. The maximum absolute atomic E-state index is 12.5. The van der Waals surface area contributed by atoms with Gasteiger partial charge in [-0.25, -0.2) is 0 Å². The van der Waals surface area contributed by atoms with Crippen LogP contribution < -0.4 is 10.6 Å². The van der Waals surface area contributed by atoms with E-state index in [1.165, 1.54) is 6.92 Å². The molecule has 0 bridgehead atoms. The molecule has 1 rings (SSSR count). The van der Waals surface area contributed by atoms with Gasteiger partial charge in [-0.2, -0.15) is 0 Å². The summed E-state index contributed by atoms with van der Waals surface area (Å²) in [5.41, 5.74) is 0.921. The van der Waals surface area contributed by atoms with Crippen LogP contribution in [0.4, 0.5) is 0 Å². The number of carbonyl (C=O) groups excluding carboxylic acids is 3. The van der Waals surface area contributed by atoms with Gasteiger partial charge in [-0.05, 0) is 31.8 Å². The van der Waals surface area contributed by atoms with Crippen molar-refractivity contribution in [3.63, 3.8) is 0 Å². The third kappa shape index (κ3) is 9.07. The molecule has 0 unspecified atom stereocenters. The largest absolute Gasteiger partial charge is 0.347 e. The number of carbonyl (C=O) groups is 3. The number of hydrogen-bond acceptors (Lipinski definition) is 4. The Morgan fingerprint density at radius 1 is 1.08 bits per heavy atom. The van der Waals surface area contributed by atoms with Gasteiger partial charge in [0.05, 0.1) is 13.1 Å². The molecule has 0 aliphatic rings. The van der Waals surface area contributed by atoms with E-state index in [0.717, 1.165) is 5.56 Å². The first-order chi connectivity index (χ1) is 11.8. The van der Waals surface area contributed by atoms with E-state index in [2.05, 4.69) is 10.6 Å². The summed E-state index contributed by atoms with van der Waals surface area (Å²) in [6, 6.07) is 7.32. The Kier molecular flexibility index (Phi) is 8.94. The van der Waals surface area contributed by atoms with Gasteiger partial charge in [-0.15, -0.1) is 0 Å². The Balaban J connectivity index is 2.62. The Morgan fingerprint density at radius 3 is 2.40 bits per heavy atom. The van der Waals surface area contributed by atoms with Crippen LogP contribution in [0.1, 0.15) is 12.5 Å². The molecule has 0 radical (unpaired) electrons. The molecule has 3 amide bonds. The van der Waals surface area contributed by atoms with Crippen molar-refractivity contribution < 1.29 is 14.4 Å². The van der Waals surface area contributed by atoms with Gasteiger partial charge in [0.2, 0.25) is 17.7 Å². The fourth-order valence-electron chi connectivity index (χ4n) is 2.02. The zero-order valence-electron chi connectivity index (χ0n) is 14.8. The lowest BCUT2D eigenvalue weighted by atomic mass is 10.2. The standard InChI is InChI=1S/C17H25ClN4O3/c1-13(23)19-10-16(24)20-11-17(25)22(8-7-21(2)3)12-14-5-4-6-15(18)9-14/h4-6,9H,7-8,10-12H2,1-3H3,(H,19,23)(H,20,24). The van der Waals surface area contributed by atoms with Crippen LogP contribution in [0.2, 0.25) is 5.02 Å². The number of halogens is 1. The first-order valence-corrected chi connectivity index (χ1v) is 8.34. The molecule has 0 heterocycles. The Bertz CT molecular complexity index is 607. The summed E-state index contributed by atoms with van der Waals surface area (Å²) in [6.45, 7) is 2.70. The molecular weight excluding hydrogens is 344 g/mol. The van der Waals surface area contributed by atoms with Crippen molar-refractivity contribution in [2.45, 2.75) is 13.5 Å². The Hall–Kier alpha value is -2.12. The van der Waals surface area contributed by atoms with Crippen LogP contribution >= 0.6 is 11.6 Å². The SMILES string of the molecule is CC(=O)NCC(=O)NCC(=O)N(CCN(C)C)Cc1cccc(Cl)c1. The van der Waals surface area contributed by atoms with Crippen LogP contribution in [-0.2, 0) is 20.9 Å². The molecule has 1 aromatic rings. The average Bonchev–Trinajstić information content (AvgIpc) is 2.54. The van der Waals surface area contributed by atoms with E-state index < -0.39 is 5.91 Å². The number of amides is 3. The van der Waals surface area contributed by atoms with Crippen LogP contribution in [0, 0.1) is 0 Å². The molecule has 0 aliphatic heterocycles. The van der Waals surface area contributed by atoms with Crippen molar-refractivity contribution in [1.29, 1.82) is 0 Å². The van der Waals surface area contributed by atoms with Crippen LogP contribution in [0.25, 0.3) is 0 Å². The van der Waals surface area contributed by atoms with Gasteiger partial charge in [0.15, 0.2) is 0 Å². The molecule has 25 heavy (non-hydrogen) atoms. The predicted octanol–water partition coefficient (Wildman–Crippen LogP) is 0.483. The van der Waals surface area contributed by atoms with Gasteiger partial charge in [-0.3, -0.25) is 14.4 Å². The summed E-state index contributed by atoms with van der Waals surface area (Å²) in [7, 11) is 3.86. The molecule has 8 heteroatoms. The predicted molar refractivity (Wildman–Crippen MR) is 97.1 cm³/mol. The van der Waals surface area contributed by atoms with Crippen LogP contribution in [-0.4, -0.2) is 67.8 Å². The van der Waals surface area contributed by atoms with Crippen LogP contribution in [0.3, 0.4) is 0 Å². The number of rotatable bonds is 9. The van der Waals surface area contributed by atoms with Gasteiger partial charge in [-0.1, -0.05) is 23.7 Å². The quantitative estimate of drug-likeness (QED) is 0.664. The first-order valence-electron chi connectivity index (χ1n) is 7.96. The van der Waals surface area contributed by atoms with E-state index in [-0.39, 0.29) is 24.9 Å². The van der Waals surface area contributed by atoms with E-state index in [9.17, 15) is 14.4 Å². The van der Waals surface area contributed by atoms with E-state index >= 15 is 0 Å². The van der Waals surface area contributed by atoms with E-state index in [1.807, 2.05) is 37.2 Å². The van der Waals surface area contributed by atoms with Gasteiger partial charge >= 0.3 is 0 Å². The fourth-order valence-corrected chi connectivity index (χ4v) is 2.23. The van der Waals surface area contributed by atoms with Crippen molar-refractivity contribution in [1.82, 2.24) is 20.4 Å². The van der Waals surface area contributed by atoms with E-state index in [0.29, 0.717) is 24.7 Å². The molecule has 0 fully saturated rings. The highest BCUT2D eigenvalue weighted by molar-refractivity contribution is 6.30.